The van der Waals surface area contributed by atoms with Gasteiger partial charge in [0.2, 0.25) is 0 Å². The Hall–Kier alpha value is -0.850. The van der Waals surface area contributed by atoms with Crippen LogP contribution in [0.1, 0.15) is 12.5 Å². The van der Waals surface area contributed by atoms with Crippen molar-refractivity contribution in [2.45, 2.75) is 13.8 Å². The normalized spacial score (nSPS) is 10.0. The standard InChI is InChI=1S/C11H13FINO2/c1-7-5-11(9(12)6-10(7)13)14-3-4-16-8(2)15/h5-6,14H,3-4H2,1-2H3. The maximum absolute atomic E-state index is 13.4. The molecule has 0 heterocycles. The van der Waals surface area contributed by atoms with Crippen molar-refractivity contribution in [3.05, 3.63) is 27.1 Å². The lowest BCUT2D eigenvalue weighted by Gasteiger charge is -2.09. The summed E-state index contributed by atoms with van der Waals surface area (Å²) >= 11 is 2.08. The lowest BCUT2D eigenvalue weighted by molar-refractivity contribution is -0.140. The quantitative estimate of drug-likeness (QED) is 0.522. The Morgan fingerprint density at radius 2 is 2.25 bits per heavy atom. The molecule has 0 unspecified atom stereocenters. The third-order valence-electron chi connectivity index (χ3n) is 1.97. The van der Waals surface area contributed by atoms with Crippen molar-refractivity contribution in [3.8, 4) is 0 Å². The first-order chi connectivity index (χ1) is 7.50. The van der Waals surface area contributed by atoms with E-state index in [1.165, 1.54) is 13.0 Å². The van der Waals surface area contributed by atoms with Gasteiger partial charge in [-0.2, -0.15) is 0 Å². The van der Waals surface area contributed by atoms with Crippen LogP contribution < -0.4 is 5.32 Å². The molecular weight excluding hydrogens is 324 g/mol. The zero-order chi connectivity index (χ0) is 12.1. The molecule has 0 spiro atoms. The summed E-state index contributed by atoms with van der Waals surface area (Å²) in [5.74, 6) is -0.626. The van der Waals surface area contributed by atoms with Gasteiger partial charge in [-0.1, -0.05) is 0 Å². The highest BCUT2D eigenvalue weighted by molar-refractivity contribution is 14.1. The van der Waals surface area contributed by atoms with Gasteiger partial charge in [-0.05, 0) is 47.2 Å². The van der Waals surface area contributed by atoms with Crippen molar-refractivity contribution in [2.24, 2.45) is 0 Å². The second-order valence-electron chi connectivity index (χ2n) is 3.35. The number of anilines is 1. The molecule has 3 nitrogen and oxygen atoms in total. The summed E-state index contributed by atoms with van der Waals surface area (Å²) in [7, 11) is 0. The van der Waals surface area contributed by atoms with Crippen LogP contribution in [0.25, 0.3) is 0 Å². The van der Waals surface area contributed by atoms with Crippen molar-refractivity contribution >= 4 is 34.2 Å². The van der Waals surface area contributed by atoms with E-state index >= 15 is 0 Å². The van der Waals surface area contributed by atoms with Crippen LogP contribution in [0, 0.1) is 16.3 Å². The molecule has 1 rings (SSSR count). The number of benzene rings is 1. The second-order valence-corrected chi connectivity index (χ2v) is 4.51. The lowest BCUT2D eigenvalue weighted by atomic mass is 10.2. The molecular formula is C11H13FINO2. The summed E-state index contributed by atoms with van der Waals surface area (Å²) in [4.78, 5) is 10.5. The highest BCUT2D eigenvalue weighted by Gasteiger charge is 2.05. The molecule has 0 atom stereocenters. The first kappa shape index (κ1) is 13.2. The van der Waals surface area contributed by atoms with Crippen molar-refractivity contribution in [2.75, 3.05) is 18.5 Å². The molecule has 0 aliphatic carbocycles. The van der Waals surface area contributed by atoms with Crippen molar-refractivity contribution in [1.29, 1.82) is 0 Å². The van der Waals surface area contributed by atoms with E-state index in [9.17, 15) is 9.18 Å². The minimum atomic E-state index is -0.332. The molecule has 0 aliphatic heterocycles. The summed E-state index contributed by atoms with van der Waals surface area (Å²) in [6.45, 7) is 3.89. The van der Waals surface area contributed by atoms with Gasteiger partial charge in [-0.25, -0.2) is 4.39 Å². The van der Waals surface area contributed by atoms with Gasteiger partial charge in [0.1, 0.15) is 12.4 Å². The number of rotatable bonds is 4. The first-order valence-electron chi connectivity index (χ1n) is 4.83. The summed E-state index contributed by atoms with van der Waals surface area (Å²) < 4.78 is 19.1. The Morgan fingerprint density at radius 1 is 1.56 bits per heavy atom. The van der Waals surface area contributed by atoms with E-state index < -0.39 is 0 Å². The number of aryl methyl sites for hydroxylation is 1. The number of carbonyl (C=O) groups is 1. The fourth-order valence-corrected chi connectivity index (χ4v) is 1.60. The predicted octanol–water partition coefficient (Wildman–Crippen LogP) is 2.71. The molecule has 0 radical (unpaired) electrons. The Bertz CT molecular complexity index is 396. The molecule has 0 bridgehead atoms. The van der Waals surface area contributed by atoms with Crippen LogP contribution in [0.3, 0.4) is 0 Å². The molecule has 0 amide bonds. The molecule has 0 fully saturated rings. The van der Waals surface area contributed by atoms with Crippen LogP contribution in [0.15, 0.2) is 12.1 Å². The highest BCUT2D eigenvalue weighted by Crippen LogP contribution is 2.20. The fourth-order valence-electron chi connectivity index (χ4n) is 1.17. The minimum Gasteiger partial charge on any atom is -0.464 e. The summed E-state index contributed by atoms with van der Waals surface area (Å²) in [5, 5.41) is 2.88. The minimum absolute atomic E-state index is 0.236. The maximum atomic E-state index is 13.4. The predicted molar refractivity (Wildman–Crippen MR) is 69.0 cm³/mol. The van der Waals surface area contributed by atoms with E-state index in [2.05, 4.69) is 27.9 Å². The number of nitrogens with one attached hydrogen (secondary N) is 1. The molecule has 0 aliphatic rings. The second kappa shape index (κ2) is 6.03. The van der Waals surface area contributed by atoms with Crippen LogP contribution in [-0.2, 0) is 9.53 Å². The van der Waals surface area contributed by atoms with Gasteiger partial charge in [0, 0.05) is 17.0 Å². The monoisotopic (exact) mass is 337 g/mol. The van der Waals surface area contributed by atoms with Crippen molar-refractivity contribution in [1.82, 2.24) is 0 Å². The fraction of sp³-hybridized carbons (Fsp3) is 0.364. The number of hydrogen-bond acceptors (Lipinski definition) is 3. The molecule has 0 saturated heterocycles. The van der Waals surface area contributed by atoms with Gasteiger partial charge in [0.05, 0.1) is 5.69 Å². The molecule has 5 heteroatoms. The van der Waals surface area contributed by atoms with E-state index in [0.29, 0.717) is 12.2 Å². The number of hydrogen-bond donors (Lipinski definition) is 1. The van der Waals surface area contributed by atoms with Gasteiger partial charge < -0.3 is 10.1 Å². The molecule has 88 valence electrons. The van der Waals surface area contributed by atoms with Crippen LogP contribution in [0.2, 0.25) is 0 Å². The lowest BCUT2D eigenvalue weighted by Crippen LogP contribution is -2.12. The van der Waals surface area contributed by atoms with Crippen LogP contribution in [-0.4, -0.2) is 19.1 Å². The van der Waals surface area contributed by atoms with E-state index in [1.807, 2.05) is 6.92 Å². The zero-order valence-corrected chi connectivity index (χ0v) is 11.3. The molecule has 0 saturated carbocycles. The number of carbonyl (C=O) groups excluding carboxylic acids is 1. The molecule has 1 aromatic rings. The van der Waals surface area contributed by atoms with Gasteiger partial charge in [0.15, 0.2) is 0 Å². The van der Waals surface area contributed by atoms with Crippen LogP contribution in [0.4, 0.5) is 10.1 Å². The SMILES string of the molecule is CC(=O)OCCNc1cc(C)c(I)cc1F. The number of ether oxygens (including phenoxy) is 1. The third kappa shape index (κ3) is 3.96. The Morgan fingerprint density at radius 3 is 2.88 bits per heavy atom. The molecule has 1 N–H and O–H groups in total. The molecule has 0 aromatic heterocycles. The van der Waals surface area contributed by atoms with Gasteiger partial charge >= 0.3 is 5.97 Å². The van der Waals surface area contributed by atoms with E-state index in [0.717, 1.165) is 9.13 Å². The maximum Gasteiger partial charge on any atom is 0.302 e. The van der Waals surface area contributed by atoms with E-state index in [4.69, 9.17) is 4.74 Å². The zero-order valence-electron chi connectivity index (χ0n) is 9.14. The molecule has 16 heavy (non-hydrogen) atoms. The summed E-state index contributed by atoms with van der Waals surface area (Å²) in [5.41, 5.74) is 1.45. The Balaban J connectivity index is 2.54. The van der Waals surface area contributed by atoms with E-state index in [1.54, 1.807) is 6.07 Å². The van der Waals surface area contributed by atoms with E-state index in [-0.39, 0.29) is 18.4 Å². The third-order valence-corrected chi connectivity index (χ3v) is 3.13. The smallest absolute Gasteiger partial charge is 0.302 e. The Labute approximate surface area is 108 Å². The van der Waals surface area contributed by atoms with Crippen molar-refractivity contribution < 1.29 is 13.9 Å². The Kier molecular flexibility index (Phi) is 4.98. The van der Waals surface area contributed by atoms with Crippen LogP contribution >= 0.6 is 22.6 Å². The summed E-state index contributed by atoms with van der Waals surface area (Å²) in [6.07, 6.45) is 0. The number of esters is 1. The number of halogens is 2. The van der Waals surface area contributed by atoms with Gasteiger partial charge in [-0.3, -0.25) is 4.79 Å². The average molecular weight is 337 g/mol. The van der Waals surface area contributed by atoms with Gasteiger partial charge in [0.25, 0.3) is 0 Å². The first-order valence-corrected chi connectivity index (χ1v) is 5.91. The summed E-state index contributed by atoms with van der Waals surface area (Å²) in [6, 6.07) is 3.22. The molecule has 1 aromatic carbocycles. The van der Waals surface area contributed by atoms with Gasteiger partial charge in [-0.15, -0.1) is 0 Å². The average Bonchev–Trinajstić information content (AvgIpc) is 2.19. The van der Waals surface area contributed by atoms with Crippen molar-refractivity contribution in [3.63, 3.8) is 0 Å². The highest BCUT2D eigenvalue weighted by atomic mass is 127. The topological polar surface area (TPSA) is 38.3 Å². The van der Waals surface area contributed by atoms with Crippen LogP contribution in [0.5, 0.6) is 0 Å². The largest absolute Gasteiger partial charge is 0.464 e.